The number of rotatable bonds is 5. The summed E-state index contributed by atoms with van der Waals surface area (Å²) in [6.45, 7) is 0.677. The van der Waals surface area contributed by atoms with Crippen molar-refractivity contribution in [3.05, 3.63) is 48.8 Å². The Hall–Kier alpha value is -1.68. The molecule has 1 aromatic heterocycles. The molecule has 1 heterocycles. The lowest BCUT2D eigenvalue weighted by Crippen LogP contribution is -2.00. The second kappa shape index (κ2) is 6.15. The predicted octanol–water partition coefficient (Wildman–Crippen LogP) is 2.83. The smallest absolute Gasteiger partial charge is 0.119 e. The third-order valence-electron chi connectivity index (χ3n) is 2.15. The maximum atomic E-state index is 5.59. The average Bonchev–Trinajstić information content (AvgIpc) is 2.38. The van der Waals surface area contributed by atoms with E-state index in [9.17, 15) is 0 Å². The van der Waals surface area contributed by atoms with Crippen molar-refractivity contribution in [3.63, 3.8) is 0 Å². The lowest BCUT2D eigenvalue weighted by molar-refractivity contribution is 0.344. The summed E-state index contributed by atoms with van der Waals surface area (Å²) in [5.74, 6) is 1.77. The number of benzene rings is 1. The van der Waals surface area contributed by atoms with E-state index in [-0.39, 0.29) is 0 Å². The summed E-state index contributed by atoms with van der Waals surface area (Å²) >= 11 is 1.75. The zero-order valence-electron chi connectivity index (χ0n) is 9.37. The molecule has 0 saturated carbocycles. The minimum atomic E-state index is 0.677. The van der Waals surface area contributed by atoms with E-state index in [1.165, 1.54) is 4.90 Å². The van der Waals surface area contributed by atoms with Gasteiger partial charge in [0.05, 0.1) is 6.61 Å². The van der Waals surface area contributed by atoms with Crippen LogP contribution < -0.4 is 10.5 Å². The number of anilines is 1. The van der Waals surface area contributed by atoms with E-state index >= 15 is 0 Å². The second-order valence-corrected chi connectivity index (χ2v) is 4.62. The first kappa shape index (κ1) is 11.8. The highest BCUT2D eigenvalue weighted by atomic mass is 32.2. The Morgan fingerprint density at radius 2 is 1.76 bits per heavy atom. The van der Waals surface area contributed by atoms with E-state index in [4.69, 9.17) is 10.5 Å². The van der Waals surface area contributed by atoms with E-state index in [0.717, 1.165) is 17.2 Å². The number of nitrogens with zero attached hydrogens (tertiary/aromatic N) is 1. The molecule has 0 bridgehead atoms. The Morgan fingerprint density at radius 1 is 1.06 bits per heavy atom. The summed E-state index contributed by atoms with van der Waals surface area (Å²) in [4.78, 5) is 5.18. The van der Waals surface area contributed by atoms with Gasteiger partial charge in [-0.3, -0.25) is 4.98 Å². The third-order valence-corrected chi connectivity index (χ3v) is 3.13. The molecular formula is C13H14N2OS. The fraction of sp³-hybridized carbons (Fsp3) is 0.154. The number of aromatic nitrogens is 1. The number of ether oxygens (including phenoxy) is 1. The molecule has 0 amide bonds. The Morgan fingerprint density at radius 3 is 2.47 bits per heavy atom. The van der Waals surface area contributed by atoms with Crippen LogP contribution in [0.25, 0.3) is 0 Å². The number of thioether (sulfide) groups is 1. The summed E-state index contributed by atoms with van der Waals surface area (Å²) in [5.41, 5.74) is 6.35. The van der Waals surface area contributed by atoms with E-state index in [1.807, 2.05) is 36.4 Å². The van der Waals surface area contributed by atoms with Gasteiger partial charge in [0.2, 0.25) is 0 Å². The van der Waals surface area contributed by atoms with Crippen molar-refractivity contribution in [3.8, 4) is 5.75 Å². The lowest BCUT2D eigenvalue weighted by Gasteiger charge is -2.06. The van der Waals surface area contributed by atoms with Crippen LogP contribution in [-0.4, -0.2) is 17.3 Å². The number of nitrogens with two attached hydrogens (primary N) is 1. The molecule has 1 aromatic carbocycles. The second-order valence-electron chi connectivity index (χ2n) is 3.45. The van der Waals surface area contributed by atoms with Crippen molar-refractivity contribution in [2.75, 3.05) is 18.1 Å². The molecule has 2 N–H and O–H groups in total. The molecule has 3 nitrogen and oxygen atoms in total. The van der Waals surface area contributed by atoms with E-state index in [0.29, 0.717) is 6.61 Å². The van der Waals surface area contributed by atoms with Gasteiger partial charge in [0.1, 0.15) is 5.75 Å². The van der Waals surface area contributed by atoms with Gasteiger partial charge < -0.3 is 10.5 Å². The van der Waals surface area contributed by atoms with Crippen molar-refractivity contribution < 1.29 is 4.74 Å². The molecular weight excluding hydrogens is 232 g/mol. The molecule has 2 aromatic rings. The third kappa shape index (κ3) is 4.00. The molecule has 2 rings (SSSR count). The first-order valence-electron chi connectivity index (χ1n) is 5.36. The fourth-order valence-electron chi connectivity index (χ4n) is 1.32. The largest absolute Gasteiger partial charge is 0.493 e. The Bertz CT molecular complexity index is 445. The predicted molar refractivity (Wildman–Crippen MR) is 71.3 cm³/mol. The minimum absolute atomic E-state index is 0.677. The molecule has 17 heavy (non-hydrogen) atoms. The maximum Gasteiger partial charge on any atom is 0.119 e. The summed E-state index contributed by atoms with van der Waals surface area (Å²) < 4.78 is 5.59. The molecule has 0 radical (unpaired) electrons. The van der Waals surface area contributed by atoms with Crippen molar-refractivity contribution in [1.82, 2.24) is 4.98 Å². The van der Waals surface area contributed by atoms with Crippen molar-refractivity contribution in [2.24, 2.45) is 0 Å². The molecule has 0 saturated heterocycles. The van der Waals surface area contributed by atoms with E-state index in [1.54, 1.807) is 24.2 Å². The zero-order chi connectivity index (χ0) is 11.9. The highest BCUT2D eigenvalue weighted by molar-refractivity contribution is 7.99. The number of pyridine rings is 1. The highest BCUT2D eigenvalue weighted by Crippen LogP contribution is 2.17. The highest BCUT2D eigenvalue weighted by Gasteiger charge is 1.95. The van der Waals surface area contributed by atoms with Gasteiger partial charge in [-0.05, 0) is 36.4 Å². The molecule has 0 spiro atoms. The van der Waals surface area contributed by atoms with Gasteiger partial charge in [0, 0.05) is 28.7 Å². The molecule has 88 valence electrons. The van der Waals surface area contributed by atoms with Gasteiger partial charge >= 0.3 is 0 Å². The molecule has 0 aliphatic heterocycles. The average molecular weight is 246 g/mol. The van der Waals surface area contributed by atoms with Gasteiger partial charge in [0.25, 0.3) is 0 Å². The van der Waals surface area contributed by atoms with Crippen LogP contribution >= 0.6 is 11.8 Å². The van der Waals surface area contributed by atoms with Crippen LogP contribution in [0.4, 0.5) is 5.69 Å². The van der Waals surface area contributed by atoms with Crippen LogP contribution in [0.1, 0.15) is 0 Å². The van der Waals surface area contributed by atoms with Crippen molar-refractivity contribution in [1.29, 1.82) is 0 Å². The quantitative estimate of drug-likeness (QED) is 0.500. The van der Waals surface area contributed by atoms with Crippen LogP contribution in [-0.2, 0) is 0 Å². The molecule has 0 atom stereocenters. The van der Waals surface area contributed by atoms with Crippen molar-refractivity contribution in [2.45, 2.75) is 4.90 Å². The molecule has 0 aliphatic rings. The summed E-state index contributed by atoms with van der Waals surface area (Å²) in [6.07, 6.45) is 3.59. The van der Waals surface area contributed by atoms with Gasteiger partial charge in [0.15, 0.2) is 0 Å². The van der Waals surface area contributed by atoms with Crippen LogP contribution in [0.2, 0.25) is 0 Å². The summed E-state index contributed by atoms with van der Waals surface area (Å²) in [7, 11) is 0. The Balaban J connectivity index is 1.71. The van der Waals surface area contributed by atoms with E-state index in [2.05, 4.69) is 4.98 Å². The van der Waals surface area contributed by atoms with Crippen LogP contribution in [0.3, 0.4) is 0 Å². The molecule has 0 aliphatic carbocycles. The van der Waals surface area contributed by atoms with Gasteiger partial charge in [-0.2, -0.15) is 0 Å². The molecule has 0 fully saturated rings. The molecule has 0 unspecified atom stereocenters. The number of hydrogen-bond acceptors (Lipinski definition) is 4. The standard InChI is InChI=1S/C13H14N2OS/c14-11-1-3-12(4-2-11)16-9-10-17-13-5-7-15-8-6-13/h1-8H,9-10,14H2. The normalized spacial score (nSPS) is 10.1. The van der Waals surface area contributed by atoms with Gasteiger partial charge in [-0.15, -0.1) is 11.8 Å². The Labute approximate surface area is 105 Å². The SMILES string of the molecule is Nc1ccc(OCCSc2ccncc2)cc1. The lowest BCUT2D eigenvalue weighted by atomic mass is 10.3. The van der Waals surface area contributed by atoms with E-state index < -0.39 is 0 Å². The monoisotopic (exact) mass is 246 g/mol. The van der Waals surface area contributed by atoms with Crippen LogP contribution in [0, 0.1) is 0 Å². The topological polar surface area (TPSA) is 48.1 Å². The van der Waals surface area contributed by atoms with Gasteiger partial charge in [-0.1, -0.05) is 0 Å². The molecule has 4 heteroatoms. The van der Waals surface area contributed by atoms with Crippen LogP contribution in [0.5, 0.6) is 5.75 Å². The van der Waals surface area contributed by atoms with Gasteiger partial charge in [-0.25, -0.2) is 0 Å². The number of nitrogen functional groups attached to an aromatic ring is 1. The minimum Gasteiger partial charge on any atom is -0.493 e. The summed E-state index contributed by atoms with van der Waals surface area (Å²) in [5, 5.41) is 0. The summed E-state index contributed by atoms with van der Waals surface area (Å²) in [6, 6.07) is 11.4. The van der Waals surface area contributed by atoms with Crippen LogP contribution in [0.15, 0.2) is 53.7 Å². The Kier molecular flexibility index (Phi) is 4.27. The first-order chi connectivity index (χ1) is 8.34. The first-order valence-corrected chi connectivity index (χ1v) is 6.34. The number of hydrogen-bond donors (Lipinski definition) is 1. The fourth-order valence-corrected chi connectivity index (χ4v) is 2.03. The maximum absolute atomic E-state index is 5.59. The van der Waals surface area contributed by atoms with Crippen molar-refractivity contribution >= 4 is 17.4 Å². The zero-order valence-corrected chi connectivity index (χ0v) is 10.2.